The molecule has 0 bridgehead atoms. The van der Waals surface area contributed by atoms with E-state index in [1.54, 1.807) is 0 Å². The van der Waals surface area contributed by atoms with Crippen molar-refractivity contribution in [3.05, 3.63) is 109 Å². The molecule has 0 aromatic heterocycles. The van der Waals surface area contributed by atoms with Gasteiger partial charge in [0.15, 0.2) is 0 Å². The summed E-state index contributed by atoms with van der Waals surface area (Å²) in [6.07, 6.45) is 66.9. The van der Waals surface area contributed by atoms with E-state index in [1.807, 2.05) is 21.1 Å². The first kappa shape index (κ1) is 62.2. The van der Waals surface area contributed by atoms with Gasteiger partial charge >= 0.3 is 5.97 Å². The lowest BCUT2D eigenvalue weighted by Gasteiger charge is -2.28. The third-order valence-corrected chi connectivity index (χ3v) is 11.3. The van der Waals surface area contributed by atoms with Gasteiger partial charge < -0.3 is 27.9 Å². The fourth-order valence-corrected chi connectivity index (χ4v) is 7.17. The van der Waals surface area contributed by atoms with Gasteiger partial charge in [0.2, 0.25) is 0 Å². The van der Waals surface area contributed by atoms with Crippen molar-refractivity contribution in [3.63, 3.8) is 0 Å². The van der Waals surface area contributed by atoms with Crippen LogP contribution in [0.25, 0.3) is 0 Å². The summed E-state index contributed by atoms with van der Waals surface area (Å²) in [4.78, 5) is 25.2. The van der Waals surface area contributed by atoms with Crippen molar-refractivity contribution in [1.29, 1.82) is 0 Å². The summed E-state index contributed by atoms with van der Waals surface area (Å²) in [5.41, 5.74) is 0. The number of rotatable bonds is 46. The largest absolute Gasteiger partial charge is 0.756 e. The number of hydrogen-bond donors (Lipinski definition) is 0. The van der Waals surface area contributed by atoms with Gasteiger partial charge in [-0.25, -0.2) is 0 Å². The van der Waals surface area contributed by atoms with Gasteiger partial charge in [-0.2, -0.15) is 0 Å². The maximum atomic E-state index is 12.8. The van der Waals surface area contributed by atoms with Gasteiger partial charge in [0.25, 0.3) is 7.82 Å². The average Bonchev–Trinajstić information content (AvgIpc) is 3.27. The molecule has 0 spiro atoms. The quantitative estimate of drug-likeness (QED) is 0.0197. The molecule has 2 atom stereocenters. The van der Waals surface area contributed by atoms with E-state index >= 15 is 0 Å². The Hall–Kier alpha value is -2.84. The van der Waals surface area contributed by atoms with Crippen molar-refractivity contribution in [2.45, 2.75) is 187 Å². The van der Waals surface area contributed by atoms with Crippen molar-refractivity contribution in [2.75, 3.05) is 54.1 Å². The number of carbonyl (C=O) groups excluding carboxylic acids is 1. The van der Waals surface area contributed by atoms with E-state index < -0.39 is 13.9 Å². The number of nitrogens with zero attached hydrogens (tertiary/aromatic N) is 1. The number of phosphoric ester groups is 1. The molecule has 65 heavy (non-hydrogen) atoms. The molecule has 8 nitrogen and oxygen atoms in total. The van der Waals surface area contributed by atoms with E-state index in [4.69, 9.17) is 18.5 Å². The molecule has 0 radical (unpaired) electrons. The van der Waals surface area contributed by atoms with Gasteiger partial charge in [-0.1, -0.05) is 187 Å². The summed E-state index contributed by atoms with van der Waals surface area (Å²) in [6, 6.07) is 0. The van der Waals surface area contributed by atoms with Crippen LogP contribution in [0.15, 0.2) is 109 Å². The Kier molecular flexibility index (Phi) is 45.6. The predicted molar refractivity (Wildman–Crippen MR) is 277 cm³/mol. The lowest BCUT2D eigenvalue weighted by molar-refractivity contribution is -0.870. The van der Waals surface area contributed by atoms with Gasteiger partial charge in [0, 0.05) is 13.0 Å². The van der Waals surface area contributed by atoms with Crippen LogP contribution in [0.2, 0.25) is 0 Å². The second-order valence-electron chi connectivity index (χ2n) is 17.8. The van der Waals surface area contributed by atoms with E-state index in [0.29, 0.717) is 24.1 Å². The molecule has 0 heterocycles. The number of esters is 1. The molecular formula is C56H96NO7P. The molecule has 0 aromatic rings. The Labute approximate surface area is 400 Å². The summed E-state index contributed by atoms with van der Waals surface area (Å²) in [7, 11) is 1.31. The van der Waals surface area contributed by atoms with Crippen LogP contribution in [0.5, 0.6) is 0 Å². The number of allylic oxidation sites excluding steroid dienone is 18. The number of quaternary nitrogens is 1. The SMILES string of the molecule is CC/C=C\C/C=C\C/C=C\C/C=C\C/C=C\CCCCOCC(COP(=O)([O-])OCC[N+](C)(C)C)OC(=O)CCCCCCCCCCCCCC/C=C\C/C=C\C/C=C\C/C=C\CC. The predicted octanol–water partition coefficient (Wildman–Crippen LogP) is 15.3. The van der Waals surface area contributed by atoms with Gasteiger partial charge in [-0.05, 0) is 96.3 Å². The lowest BCUT2D eigenvalue weighted by atomic mass is 10.0. The first-order chi connectivity index (χ1) is 31.6. The molecule has 0 saturated carbocycles. The van der Waals surface area contributed by atoms with Crippen LogP contribution in [0, 0.1) is 0 Å². The number of phosphoric acid groups is 1. The molecule has 0 amide bonds. The number of ether oxygens (including phenoxy) is 2. The van der Waals surface area contributed by atoms with Crippen molar-refractivity contribution in [2.24, 2.45) is 0 Å². The molecule has 0 fully saturated rings. The Morgan fingerprint density at radius 1 is 0.477 bits per heavy atom. The van der Waals surface area contributed by atoms with Gasteiger partial charge in [-0.3, -0.25) is 9.36 Å². The van der Waals surface area contributed by atoms with Crippen LogP contribution in [0.1, 0.15) is 181 Å². The van der Waals surface area contributed by atoms with E-state index in [2.05, 4.69) is 123 Å². The summed E-state index contributed by atoms with van der Waals surface area (Å²) in [5, 5.41) is 0. The zero-order chi connectivity index (χ0) is 47.6. The molecule has 0 aliphatic rings. The summed E-state index contributed by atoms with van der Waals surface area (Å²) >= 11 is 0. The van der Waals surface area contributed by atoms with E-state index in [0.717, 1.165) is 96.3 Å². The Morgan fingerprint density at radius 2 is 0.846 bits per heavy atom. The first-order valence-corrected chi connectivity index (χ1v) is 27.1. The van der Waals surface area contributed by atoms with Crippen molar-refractivity contribution in [1.82, 2.24) is 0 Å². The van der Waals surface area contributed by atoms with E-state index in [-0.39, 0.29) is 25.8 Å². The summed E-state index contributed by atoms with van der Waals surface area (Å²) in [6.45, 7) is 5.05. The molecule has 2 unspecified atom stereocenters. The maximum absolute atomic E-state index is 12.8. The van der Waals surface area contributed by atoms with Crippen LogP contribution in [-0.2, 0) is 27.9 Å². The number of carbonyl (C=O) groups is 1. The highest BCUT2D eigenvalue weighted by Crippen LogP contribution is 2.38. The highest BCUT2D eigenvalue weighted by atomic mass is 31.2. The zero-order valence-electron chi connectivity index (χ0n) is 42.1. The fraction of sp³-hybridized carbons (Fsp3) is 0.661. The van der Waals surface area contributed by atoms with Crippen LogP contribution in [0.3, 0.4) is 0 Å². The zero-order valence-corrected chi connectivity index (χ0v) is 43.0. The number of unbranched alkanes of at least 4 members (excludes halogenated alkanes) is 14. The molecule has 0 aliphatic carbocycles. The maximum Gasteiger partial charge on any atom is 0.306 e. The van der Waals surface area contributed by atoms with Crippen molar-refractivity contribution in [3.8, 4) is 0 Å². The minimum absolute atomic E-state index is 0.0112. The van der Waals surface area contributed by atoms with E-state index in [1.165, 1.54) is 64.2 Å². The van der Waals surface area contributed by atoms with Crippen LogP contribution in [-0.4, -0.2) is 70.7 Å². The topological polar surface area (TPSA) is 94.1 Å². The highest BCUT2D eigenvalue weighted by Gasteiger charge is 2.20. The third kappa shape index (κ3) is 52.0. The fourth-order valence-electron chi connectivity index (χ4n) is 6.45. The van der Waals surface area contributed by atoms with Crippen molar-refractivity contribution < 1.29 is 37.3 Å². The first-order valence-electron chi connectivity index (χ1n) is 25.6. The minimum Gasteiger partial charge on any atom is -0.756 e. The van der Waals surface area contributed by atoms with Crippen LogP contribution >= 0.6 is 7.82 Å². The van der Waals surface area contributed by atoms with Crippen molar-refractivity contribution >= 4 is 13.8 Å². The number of hydrogen-bond acceptors (Lipinski definition) is 7. The molecule has 372 valence electrons. The molecule has 9 heteroatoms. The van der Waals surface area contributed by atoms with Crippen LogP contribution < -0.4 is 4.89 Å². The molecule has 0 aromatic carbocycles. The minimum atomic E-state index is -4.55. The molecule has 0 aliphatic heterocycles. The Morgan fingerprint density at radius 3 is 1.26 bits per heavy atom. The number of likely N-dealkylation sites (N-methyl/N-ethyl adjacent to an activating group) is 1. The Bertz CT molecular complexity index is 1400. The third-order valence-electron chi connectivity index (χ3n) is 10.3. The van der Waals surface area contributed by atoms with Gasteiger partial charge in [0.1, 0.15) is 19.3 Å². The van der Waals surface area contributed by atoms with Crippen LogP contribution in [0.4, 0.5) is 0 Å². The normalized spacial score (nSPS) is 14.5. The molecule has 0 N–H and O–H groups in total. The second-order valence-corrected chi connectivity index (χ2v) is 19.2. The molecular weight excluding hydrogens is 830 g/mol. The molecule has 0 rings (SSSR count). The average molecular weight is 926 g/mol. The van der Waals surface area contributed by atoms with Gasteiger partial charge in [-0.15, -0.1) is 0 Å². The monoisotopic (exact) mass is 926 g/mol. The lowest BCUT2D eigenvalue weighted by Crippen LogP contribution is -2.37. The molecule has 0 saturated heterocycles. The second kappa shape index (κ2) is 47.6. The summed E-state index contributed by atoms with van der Waals surface area (Å²) in [5.74, 6) is -0.356. The highest BCUT2D eigenvalue weighted by molar-refractivity contribution is 7.45. The van der Waals surface area contributed by atoms with E-state index in [9.17, 15) is 14.3 Å². The summed E-state index contributed by atoms with van der Waals surface area (Å²) < 4.78 is 34.7. The van der Waals surface area contributed by atoms with Gasteiger partial charge in [0.05, 0.1) is 34.4 Å². The Balaban J connectivity index is 4.21. The standard InChI is InChI=1S/C56H96NO7P/c1-6-8-10-12-14-16-18-20-22-24-26-27-28-29-30-31-32-33-35-37-39-41-43-45-47-49-56(58)64-55(54-63-65(59,60)62-52-50-57(3,4)5)53-61-51-48-46-44-42-40-38-36-34-25-23-21-19-17-15-13-11-9-7-2/h8-11,14-17,20-23,26-27,34,36,40,42,55H,6-7,12-13,18-19,24-25,28-33,35,37-39,41,43-54H2,1-5H3/b10-8-,11-9-,16-14-,17-15-,22-20-,23-21-,27-26-,36-34-,42-40-. The smallest absolute Gasteiger partial charge is 0.306 e.